The van der Waals surface area contributed by atoms with Gasteiger partial charge in [0, 0.05) is 18.1 Å². The number of hydrogen-bond donors (Lipinski definition) is 0. The van der Waals surface area contributed by atoms with E-state index in [9.17, 15) is 10.1 Å². The highest BCUT2D eigenvalue weighted by atomic mass is 16.6. The Labute approximate surface area is 118 Å². The molecule has 0 aliphatic carbocycles. The number of ether oxygens (including phenoxy) is 1. The smallest absolute Gasteiger partial charge is 0.278 e. The van der Waals surface area contributed by atoms with E-state index in [0.717, 1.165) is 12.0 Å². The van der Waals surface area contributed by atoms with Gasteiger partial charge in [0.05, 0.1) is 17.6 Å². The normalized spacial score (nSPS) is 10.2. The van der Waals surface area contributed by atoms with Crippen molar-refractivity contribution in [3.8, 4) is 5.75 Å². The molecule has 0 amide bonds. The third-order valence-electron chi connectivity index (χ3n) is 3.05. The first-order valence-electron chi connectivity index (χ1n) is 6.56. The first-order valence-corrected chi connectivity index (χ1v) is 6.56. The Balaban J connectivity index is 2.00. The highest BCUT2D eigenvalue weighted by Gasteiger charge is 2.11. The van der Waals surface area contributed by atoms with Gasteiger partial charge >= 0.3 is 0 Å². The maximum absolute atomic E-state index is 10.7. The van der Waals surface area contributed by atoms with Crippen molar-refractivity contribution in [1.29, 1.82) is 0 Å². The van der Waals surface area contributed by atoms with Crippen molar-refractivity contribution in [3.05, 3.63) is 69.8 Å². The molecule has 4 nitrogen and oxygen atoms in total. The van der Waals surface area contributed by atoms with Gasteiger partial charge in [-0.1, -0.05) is 37.3 Å². The molecule has 0 spiro atoms. The Morgan fingerprint density at radius 1 is 1.30 bits per heavy atom. The Morgan fingerprint density at radius 3 is 2.70 bits per heavy atom. The van der Waals surface area contributed by atoms with Crippen LogP contribution in [0.1, 0.15) is 18.1 Å². The molecule has 0 saturated carbocycles. The molecule has 0 aliphatic rings. The van der Waals surface area contributed by atoms with Crippen molar-refractivity contribution in [2.75, 3.05) is 6.61 Å². The molecule has 0 aliphatic heterocycles. The second-order valence-corrected chi connectivity index (χ2v) is 4.40. The fourth-order valence-corrected chi connectivity index (χ4v) is 1.95. The van der Waals surface area contributed by atoms with E-state index in [2.05, 4.69) is 6.07 Å². The molecule has 4 heteroatoms. The van der Waals surface area contributed by atoms with Gasteiger partial charge in [-0.3, -0.25) is 10.1 Å². The van der Waals surface area contributed by atoms with Crippen LogP contribution in [0.3, 0.4) is 0 Å². The summed E-state index contributed by atoms with van der Waals surface area (Å²) >= 11 is 0. The van der Waals surface area contributed by atoms with Crippen molar-refractivity contribution in [2.45, 2.75) is 19.8 Å². The number of nitro benzene ring substituents is 1. The van der Waals surface area contributed by atoms with Crippen LogP contribution in [0.4, 0.5) is 5.69 Å². The van der Waals surface area contributed by atoms with E-state index in [0.29, 0.717) is 18.8 Å². The number of non-ortho nitro benzene ring substituents is 1. The second kappa shape index (κ2) is 6.70. The zero-order valence-corrected chi connectivity index (χ0v) is 11.3. The van der Waals surface area contributed by atoms with Crippen LogP contribution in [0.25, 0.3) is 0 Å². The first-order chi connectivity index (χ1) is 9.70. The molecular weight excluding hydrogens is 254 g/mol. The molecular formula is C16H16NO3. The van der Waals surface area contributed by atoms with Gasteiger partial charge in [0.2, 0.25) is 0 Å². The average molecular weight is 270 g/mol. The summed E-state index contributed by atoms with van der Waals surface area (Å²) in [7, 11) is 0. The van der Waals surface area contributed by atoms with Crippen LogP contribution in [0.5, 0.6) is 5.75 Å². The standard InChI is InChI=1S/C16H16NO3/c1-2-14-12-15(17(18)19)8-9-16(14)20-11-10-13-6-4-3-5-7-13/h3-7,9,12H,2,10-11H2,1H3. The van der Waals surface area contributed by atoms with Crippen molar-refractivity contribution >= 4 is 5.69 Å². The zero-order chi connectivity index (χ0) is 14.4. The molecule has 2 aromatic rings. The summed E-state index contributed by atoms with van der Waals surface area (Å²) in [5.41, 5.74) is 2.03. The minimum atomic E-state index is -0.438. The summed E-state index contributed by atoms with van der Waals surface area (Å²) in [6, 6.07) is 15.8. The molecule has 0 atom stereocenters. The number of nitrogens with zero attached hydrogens (tertiary/aromatic N) is 1. The van der Waals surface area contributed by atoms with Crippen LogP contribution in [-0.4, -0.2) is 11.5 Å². The molecule has 2 rings (SSSR count). The Kier molecular flexibility index (Phi) is 4.71. The van der Waals surface area contributed by atoms with Gasteiger partial charge in [-0.2, -0.15) is 0 Å². The molecule has 0 unspecified atom stereocenters. The largest absolute Gasteiger partial charge is 0.493 e. The summed E-state index contributed by atoms with van der Waals surface area (Å²) < 4.78 is 5.71. The van der Waals surface area contributed by atoms with E-state index >= 15 is 0 Å². The number of hydrogen-bond acceptors (Lipinski definition) is 3. The van der Waals surface area contributed by atoms with Gasteiger partial charge < -0.3 is 4.74 Å². The van der Waals surface area contributed by atoms with Crippen LogP contribution < -0.4 is 4.74 Å². The van der Waals surface area contributed by atoms with Crippen LogP contribution in [-0.2, 0) is 12.8 Å². The molecule has 2 aromatic carbocycles. The molecule has 1 radical (unpaired) electrons. The van der Waals surface area contributed by atoms with Gasteiger partial charge in [-0.25, -0.2) is 0 Å². The Morgan fingerprint density at radius 2 is 2.05 bits per heavy atom. The zero-order valence-electron chi connectivity index (χ0n) is 11.3. The molecule has 0 saturated heterocycles. The third-order valence-corrected chi connectivity index (χ3v) is 3.05. The lowest BCUT2D eigenvalue weighted by Gasteiger charge is -2.10. The SMILES string of the molecule is CCc1cc([N+](=O)[O-])[c]cc1OCCc1ccccc1. The molecule has 103 valence electrons. The van der Waals surface area contributed by atoms with Gasteiger partial charge in [0.15, 0.2) is 0 Å². The molecule has 0 fully saturated rings. The third kappa shape index (κ3) is 3.57. The van der Waals surface area contributed by atoms with Gasteiger partial charge in [-0.15, -0.1) is 0 Å². The van der Waals surface area contributed by atoms with Crippen LogP contribution in [0, 0.1) is 16.2 Å². The summed E-state index contributed by atoms with van der Waals surface area (Å²) in [6.07, 6.45) is 1.50. The number of benzene rings is 2. The average Bonchev–Trinajstić information content (AvgIpc) is 2.48. The fraction of sp³-hybridized carbons (Fsp3) is 0.250. The van der Waals surface area contributed by atoms with E-state index in [1.807, 2.05) is 37.3 Å². The van der Waals surface area contributed by atoms with Crippen LogP contribution in [0.15, 0.2) is 42.5 Å². The molecule has 20 heavy (non-hydrogen) atoms. The van der Waals surface area contributed by atoms with E-state index < -0.39 is 4.92 Å². The highest BCUT2D eigenvalue weighted by molar-refractivity contribution is 5.42. The summed E-state index contributed by atoms with van der Waals surface area (Å²) in [6.45, 7) is 2.49. The Bertz CT molecular complexity index is 582. The van der Waals surface area contributed by atoms with Crippen LogP contribution >= 0.6 is 0 Å². The summed E-state index contributed by atoms with van der Waals surface area (Å²) in [5.74, 6) is 0.675. The monoisotopic (exact) mass is 270 g/mol. The predicted octanol–water partition coefficient (Wildman–Crippen LogP) is 3.58. The summed E-state index contributed by atoms with van der Waals surface area (Å²) in [4.78, 5) is 10.3. The van der Waals surface area contributed by atoms with Crippen molar-refractivity contribution in [1.82, 2.24) is 0 Å². The molecule has 0 bridgehead atoms. The fourth-order valence-electron chi connectivity index (χ4n) is 1.95. The van der Waals surface area contributed by atoms with E-state index in [-0.39, 0.29) is 5.69 Å². The lowest BCUT2D eigenvalue weighted by atomic mass is 10.1. The predicted molar refractivity (Wildman–Crippen MR) is 77.0 cm³/mol. The maximum Gasteiger partial charge on any atom is 0.278 e. The lowest BCUT2D eigenvalue weighted by Crippen LogP contribution is -2.03. The number of rotatable bonds is 6. The Hall–Kier alpha value is -2.36. The minimum absolute atomic E-state index is 0.0164. The first kappa shape index (κ1) is 14.1. The van der Waals surface area contributed by atoms with E-state index in [1.54, 1.807) is 6.07 Å². The quantitative estimate of drug-likeness (QED) is 0.595. The minimum Gasteiger partial charge on any atom is -0.493 e. The van der Waals surface area contributed by atoms with Crippen molar-refractivity contribution in [3.63, 3.8) is 0 Å². The van der Waals surface area contributed by atoms with Crippen LogP contribution in [0.2, 0.25) is 0 Å². The highest BCUT2D eigenvalue weighted by Crippen LogP contribution is 2.24. The van der Waals surface area contributed by atoms with E-state index in [4.69, 9.17) is 4.74 Å². The second-order valence-electron chi connectivity index (χ2n) is 4.40. The topological polar surface area (TPSA) is 52.4 Å². The number of nitro groups is 1. The van der Waals surface area contributed by atoms with Gasteiger partial charge in [0.1, 0.15) is 5.75 Å². The summed E-state index contributed by atoms with van der Waals surface area (Å²) in [5, 5.41) is 10.7. The van der Waals surface area contributed by atoms with Gasteiger partial charge in [-0.05, 0) is 18.1 Å². The maximum atomic E-state index is 10.7. The van der Waals surface area contributed by atoms with Crippen molar-refractivity contribution in [2.24, 2.45) is 0 Å². The molecule has 0 heterocycles. The number of aryl methyl sites for hydroxylation is 1. The molecule has 0 aromatic heterocycles. The van der Waals surface area contributed by atoms with Crippen molar-refractivity contribution < 1.29 is 9.66 Å². The van der Waals surface area contributed by atoms with E-state index in [1.165, 1.54) is 11.6 Å². The lowest BCUT2D eigenvalue weighted by molar-refractivity contribution is -0.385. The van der Waals surface area contributed by atoms with Gasteiger partial charge in [0.25, 0.3) is 5.69 Å². The molecule has 0 N–H and O–H groups in total.